The van der Waals surface area contributed by atoms with Crippen LogP contribution in [-0.4, -0.2) is 79.9 Å². The van der Waals surface area contributed by atoms with Gasteiger partial charge in [0.25, 0.3) is 0 Å². The average Bonchev–Trinajstić information content (AvgIpc) is 2.86. The minimum atomic E-state index is -1.10. The molecule has 0 bridgehead atoms. The van der Waals surface area contributed by atoms with Gasteiger partial charge in [-0.15, -0.1) is 0 Å². The summed E-state index contributed by atoms with van der Waals surface area (Å²) in [6, 6.07) is -0.250. The third-order valence-corrected chi connectivity index (χ3v) is 6.35. The third kappa shape index (κ3) is 3.64. The van der Waals surface area contributed by atoms with Crippen molar-refractivity contribution in [2.45, 2.75) is 69.8 Å². The maximum atomic E-state index is 11.9. The second-order valence-corrected chi connectivity index (χ2v) is 9.05. The fourth-order valence-corrected chi connectivity index (χ4v) is 4.63. The first-order valence-electron chi connectivity index (χ1n) is 10.7. The van der Waals surface area contributed by atoms with Crippen LogP contribution in [0.4, 0.5) is 0 Å². The van der Waals surface area contributed by atoms with Gasteiger partial charge in [0, 0.05) is 13.0 Å². The highest BCUT2D eigenvalue weighted by atomic mass is 16.5. The van der Waals surface area contributed by atoms with Crippen molar-refractivity contribution < 1.29 is 19.3 Å². The number of hydrogen-bond donors (Lipinski definition) is 2. The molecule has 2 aliphatic heterocycles. The smallest absolute Gasteiger partial charge is 0.215 e. The summed E-state index contributed by atoms with van der Waals surface area (Å²) in [6.07, 6.45) is 4.10. The zero-order valence-corrected chi connectivity index (χ0v) is 19.2. The molecular weight excluding hydrogens is 384 g/mol. The number of ether oxygens (including phenoxy) is 3. The van der Waals surface area contributed by atoms with Crippen molar-refractivity contribution in [3.8, 4) is 0 Å². The Morgan fingerprint density at radius 1 is 0.967 bits per heavy atom. The molecule has 168 valence electrons. The van der Waals surface area contributed by atoms with E-state index in [1.807, 2.05) is 6.08 Å². The van der Waals surface area contributed by atoms with Crippen LogP contribution in [0.2, 0.25) is 0 Å². The predicted molar refractivity (Wildman–Crippen MR) is 118 cm³/mol. The Morgan fingerprint density at radius 2 is 1.63 bits per heavy atom. The molecule has 0 radical (unpaired) electrons. The van der Waals surface area contributed by atoms with Gasteiger partial charge in [-0.05, 0) is 18.3 Å². The van der Waals surface area contributed by atoms with Gasteiger partial charge in [-0.25, -0.2) is 15.0 Å². The van der Waals surface area contributed by atoms with Crippen molar-refractivity contribution in [2.75, 3.05) is 27.9 Å². The van der Waals surface area contributed by atoms with E-state index in [-0.39, 0.29) is 18.0 Å². The number of nitrogens with zero attached hydrogens (tertiary/aromatic N) is 3. The molecule has 30 heavy (non-hydrogen) atoms. The van der Waals surface area contributed by atoms with Crippen molar-refractivity contribution >= 4 is 17.7 Å². The quantitative estimate of drug-likeness (QED) is 0.666. The number of nitrogens with one attached hydrogen (secondary N) is 1. The molecule has 1 aliphatic carbocycles. The molecule has 8 nitrogen and oxygen atoms in total. The standard InChI is InChI=1S/C22H36N4O4/c1-13(2)15-17(28-5)25-21(12-23-15)10-8-9-11-22(19(21)27)20(30-7)24-16(14(3)4)18(26-22)29-6/h8-9,13-16,19,23,27H,10-12H2,1-7H3/t15-,16-,19?,21-,22+/m1/s1. The summed E-state index contributed by atoms with van der Waals surface area (Å²) in [5.74, 6) is 2.02. The van der Waals surface area contributed by atoms with Crippen molar-refractivity contribution in [3.05, 3.63) is 12.2 Å². The van der Waals surface area contributed by atoms with Gasteiger partial charge in [0.05, 0.1) is 27.4 Å². The lowest BCUT2D eigenvalue weighted by Gasteiger charge is -2.47. The van der Waals surface area contributed by atoms with Gasteiger partial charge in [-0.3, -0.25) is 0 Å². The molecule has 0 aromatic carbocycles. The van der Waals surface area contributed by atoms with Crippen molar-refractivity contribution in [3.63, 3.8) is 0 Å². The summed E-state index contributed by atoms with van der Waals surface area (Å²) >= 11 is 0. The van der Waals surface area contributed by atoms with E-state index in [9.17, 15) is 5.11 Å². The van der Waals surface area contributed by atoms with E-state index in [1.54, 1.807) is 21.3 Å². The lowest BCUT2D eigenvalue weighted by molar-refractivity contribution is 0.0300. The highest BCUT2D eigenvalue weighted by Gasteiger charge is 2.58. The second-order valence-electron chi connectivity index (χ2n) is 9.05. The Kier molecular flexibility index (Phi) is 6.57. The van der Waals surface area contributed by atoms with E-state index < -0.39 is 17.2 Å². The molecule has 2 heterocycles. The number of hydrogen-bond acceptors (Lipinski definition) is 8. The first-order valence-corrected chi connectivity index (χ1v) is 10.7. The minimum Gasteiger partial charge on any atom is -0.483 e. The molecule has 0 saturated carbocycles. The largest absolute Gasteiger partial charge is 0.483 e. The van der Waals surface area contributed by atoms with E-state index in [4.69, 9.17) is 29.2 Å². The van der Waals surface area contributed by atoms with Crippen LogP contribution in [0, 0.1) is 11.8 Å². The van der Waals surface area contributed by atoms with Crippen LogP contribution in [0.15, 0.2) is 27.1 Å². The van der Waals surface area contributed by atoms with Crippen LogP contribution in [0.1, 0.15) is 40.5 Å². The number of aliphatic hydroxyl groups is 1. The van der Waals surface area contributed by atoms with Gasteiger partial charge in [0.15, 0.2) is 5.54 Å². The van der Waals surface area contributed by atoms with E-state index in [2.05, 4.69) is 39.1 Å². The summed E-state index contributed by atoms with van der Waals surface area (Å²) in [6.45, 7) is 8.86. The fourth-order valence-electron chi connectivity index (χ4n) is 4.63. The zero-order chi connectivity index (χ0) is 22.1. The molecule has 3 rings (SSSR count). The Labute approximate surface area is 179 Å². The number of aliphatic imine (C=N–C) groups is 3. The van der Waals surface area contributed by atoms with Gasteiger partial charge in [0.1, 0.15) is 17.7 Å². The topological polar surface area (TPSA) is 97.0 Å². The number of aliphatic hydroxyl groups excluding tert-OH is 1. The van der Waals surface area contributed by atoms with Crippen LogP contribution in [0.25, 0.3) is 0 Å². The molecule has 0 amide bonds. The Morgan fingerprint density at radius 3 is 2.20 bits per heavy atom. The number of methoxy groups -OCH3 is 3. The summed E-state index contributed by atoms with van der Waals surface area (Å²) in [5, 5.41) is 15.4. The first kappa shape index (κ1) is 22.7. The maximum Gasteiger partial charge on any atom is 0.215 e. The van der Waals surface area contributed by atoms with Gasteiger partial charge in [0.2, 0.25) is 17.7 Å². The molecule has 2 spiro atoms. The van der Waals surface area contributed by atoms with E-state index in [0.29, 0.717) is 43.0 Å². The highest BCUT2D eigenvalue weighted by Crippen LogP contribution is 2.41. The normalized spacial score (nSPS) is 36.5. The molecule has 8 heteroatoms. The lowest BCUT2D eigenvalue weighted by atomic mass is 9.75. The predicted octanol–water partition coefficient (Wildman–Crippen LogP) is 1.98. The zero-order valence-electron chi connectivity index (χ0n) is 19.2. The molecule has 3 aliphatic rings. The molecular formula is C22H36N4O4. The molecule has 1 unspecified atom stereocenters. The Bertz CT molecular complexity index is 760. The van der Waals surface area contributed by atoms with Crippen LogP contribution < -0.4 is 5.32 Å². The molecule has 0 aromatic heterocycles. The highest BCUT2D eigenvalue weighted by molar-refractivity contribution is 5.98. The third-order valence-electron chi connectivity index (χ3n) is 6.35. The number of rotatable bonds is 2. The molecule has 5 atom stereocenters. The molecule has 2 N–H and O–H groups in total. The summed E-state index contributed by atoms with van der Waals surface area (Å²) < 4.78 is 17.0. The second kappa shape index (κ2) is 8.67. The van der Waals surface area contributed by atoms with E-state index in [0.717, 1.165) is 0 Å². The van der Waals surface area contributed by atoms with E-state index >= 15 is 0 Å². The lowest BCUT2D eigenvalue weighted by Crippen LogP contribution is -2.66. The molecule has 0 aromatic rings. The fraction of sp³-hybridized carbons (Fsp3) is 0.773. The molecule has 0 saturated heterocycles. The van der Waals surface area contributed by atoms with Crippen LogP contribution in [0.3, 0.4) is 0 Å². The van der Waals surface area contributed by atoms with Gasteiger partial charge in [-0.1, -0.05) is 39.8 Å². The van der Waals surface area contributed by atoms with Crippen LogP contribution >= 0.6 is 0 Å². The molecule has 0 fully saturated rings. The van der Waals surface area contributed by atoms with Gasteiger partial charge >= 0.3 is 0 Å². The first-order chi connectivity index (χ1) is 14.2. The average molecular weight is 421 g/mol. The Hall–Kier alpha value is -1.93. The van der Waals surface area contributed by atoms with Gasteiger partial charge < -0.3 is 24.6 Å². The maximum absolute atomic E-state index is 11.9. The van der Waals surface area contributed by atoms with E-state index in [1.165, 1.54) is 0 Å². The van der Waals surface area contributed by atoms with Crippen molar-refractivity contribution in [1.29, 1.82) is 0 Å². The van der Waals surface area contributed by atoms with Crippen molar-refractivity contribution in [2.24, 2.45) is 26.8 Å². The summed E-state index contributed by atoms with van der Waals surface area (Å²) in [4.78, 5) is 14.7. The monoisotopic (exact) mass is 420 g/mol. The summed E-state index contributed by atoms with van der Waals surface area (Å²) in [7, 11) is 4.80. The minimum absolute atomic E-state index is 0.00119. The van der Waals surface area contributed by atoms with Gasteiger partial charge in [-0.2, -0.15) is 0 Å². The van der Waals surface area contributed by atoms with Crippen LogP contribution in [-0.2, 0) is 14.2 Å². The van der Waals surface area contributed by atoms with Crippen molar-refractivity contribution in [1.82, 2.24) is 5.32 Å². The Balaban J connectivity index is 2.13. The van der Waals surface area contributed by atoms with Crippen LogP contribution in [0.5, 0.6) is 0 Å². The summed E-state index contributed by atoms with van der Waals surface area (Å²) in [5.41, 5.74) is -1.96. The SMILES string of the molecule is COC1=N[C@]2(CC=CC[C@@]3(CN[C@H](C(C)C)C(OC)=N3)C2O)C(OC)=N[C@@H]1C(C)C.